The highest BCUT2D eigenvalue weighted by Gasteiger charge is 2.64. The predicted molar refractivity (Wildman–Crippen MR) is 201 cm³/mol. The number of benzene rings is 1. The van der Waals surface area contributed by atoms with Crippen LogP contribution < -0.4 is 0 Å². The molecule has 2 spiro atoms. The van der Waals surface area contributed by atoms with Gasteiger partial charge in [0.1, 0.15) is 17.1 Å². The van der Waals surface area contributed by atoms with Crippen LogP contribution in [-0.4, -0.2) is 79.4 Å². The summed E-state index contributed by atoms with van der Waals surface area (Å²) in [5.74, 6) is -4.89. The van der Waals surface area contributed by atoms with Crippen molar-refractivity contribution in [1.82, 2.24) is 0 Å². The van der Waals surface area contributed by atoms with Crippen LogP contribution >= 0.6 is 0 Å². The molecule has 3 fully saturated rings. The lowest BCUT2D eigenvalue weighted by Crippen LogP contribution is -2.60. The molecule has 53 heavy (non-hydrogen) atoms. The van der Waals surface area contributed by atoms with Crippen LogP contribution in [0.5, 0.6) is 5.75 Å². The molecule has 0 saturated carbocycles. The second kappa shape index (κ2) is 15.7. The molecule has 5 rings (SSSR count). The number of carboxylic acids is 1. The highest BCUT2D eigenvalue weighted by atomic mass is 16.8. The van der Waals surface area contributed by atoms with E-state index in [2.05, 4.69) is 33.8 Å². The van der Waals surface area contributed by atoms with Crippen molar-refractivity contribution < 1.29 is 49.0 Å². The van der Waals surface area contributed by atoms with Gasteiger partial charge < -0.3 is 39.4 Å². The molecule has 4 heterocycles. The summed E-state index contributed by atoms with van der Waals surface area (Å²) < 4.78 is 27.9. The molecular formula is C43H66O10. The van der Waals surface area contributed by atoms with E-state index in [1.165, 1.54) is 0 Å². The number of carboxylic acid groups (broad SMARTS) is 1. The molecule has 0 unspecified atom stereocenters. The van der Waals surface area contributed by atoms with Gasteiger partial charge in [0.05, 0.1) is 35.6 Å². The monoisotopic (exact) mass is 742 g/mol. The Morgan fingerprint density at radius 1 is 1.02 bits per heavy atom. The van der Waals surface area contributed by atoms with Crippen molar-refractivity contribution in [3.8, 4) is 5.75 Å². The van der Waals surface area contributed by atoms with E-state index in [-0.39, 0.29) is 46.9 Å². The average Bonchev–Trinajstić information content (AvgIpc) is 3.65. The quantitative estimate of drug-likeness (QED) is 0.150. The van der Waals surface area contributed by atoms with E-state index >= 15 is 0 Å². The van der Waals surface area contributed by atoms with Crippen LogP contribution in [-0.2, 0) is 30.2 Å². The van der Waals surface area contributed by atoms with Crippen molar-refractivity contribution in [1.29, 1.82) is 0 Å². The number of rotatable bonds is 13. The summed E-state index contributed by atoms with van der Waals surface area (Å²) in [4.78, 5) is 26.2. The maximum atomic E-state index is 14.3. The van der Waals surface area contributed by atoms with Crippen LogP contribution in [0.15, 0.2) is 24.3 Å². The fraction of sp³-hybridized carbons (Fsp3) is 0.767. The first-order valence-corrected chi connectivity index (χ1v) is 20.2. The van der Waals surface area contributed by atoms with Crippen molar-refractivity contribution in [2.45, 2.75) is 174 Å². The van der Waals surface area contributed by atoms with Gasteiger partial charge in [0.2, 0.25) is 0 Å². The van der Waals surface area contributed by atoms with E-state index < -0.39 is 58.9 Å². The number of aliphatic hydroxyl groups is 2. The van der Waals surface area contributed by atoms with E-state index in [0.717, 1.165) is 32.1 Å². The Balaban J connectivity index is 1.31. The number of hydrogen-bond donors (Lipinski definition) is 4. The lowest BCUT2D eigenvalue weighted by molar-refractivity contribution is -0.400. The lowest BCUT2D eigenvalue weighted by atomic mass is 9.73. The number of aromatic carboxylic acids is 1. The van der Waals surface area contributed by atoms with Crippen molar-refractivity contribution in [3.05, 3.63) is 41.0 Å². The van der Waals surface area contributed by atoms with Gasteiger partial charge in [-0.25, -0.2) is 4.79 Å². The van der Waals surface area contributed by atoms with E-state index in [4.69, 9.17) is 18.9 Å². The number of ketones is 1. The molecule has 4 N–H and O–H groups in total. The summed E-state index contributed by atoms with van der Waals surface area (Å²) in [6, 6.07) is 3.40. The minimum Gasteiger partial charge on any atom is -0.507 e. The number of aliphatic hydroxyl groups excluding tert-OH is 2. The van der Waals surface area contributed by atoms with Gasteiger partial charge in [0.25, 0.3) is 0 Å². The summed E-state index contributed by atoms with van der Waals surface area (Å²) in [6.45, 7) is 19.6. The maximum absolute atomic E-state index is 14.3. The smallest absolute Gasteiger partial charge is 0.339 e. The molecule has 1 aromatic rings. The number of aromatic hydroxyl groups is 1. The predicted octanol–water partition coefficient (Wildman–Crippen LogP) is 7.51. The Morgan fingerprint density at radius 3 is 2.32 bits per heavy atom. The molecule has 0 radical (unpaired) electrons. The summed E-state index contributed by atoms with van der Waals surface area (Å²) in [5.41, 5.74) is -0.311. The number of carbonyl (C=O) groups is 2. The van der Waals surface area contributed by atoms with Gasteiger partial charge in [-0.15, -0.1) is 0 Å². The van der Waals surface area contributed by atoms with Crippen molar-refractivity contribution in [2.24, 2.45) is 35.5 Å². The Labute approximate surface area is 316 Å². The molecule has 3 saturated heterocycles. The average molecular weight is 743 g/mol. The van der Waals surface area contributed by atoms with Crippen LogP contribution in [0.2, 0.25) is 0 Å². The van der Waals surface area contributed by atoms with Crippen molar-refractivity contribution in [2.75, 3.05) is 0 Å². The van der Waals surface area contributed by atoms with E-state index in [0.29, 0.717) is 36.8 Å². The molecule has 0 bridgehead atoms. The lowest BCUT2D eigenvalue weighted by Gasteiger charge is -2.54. The number of hydrogen-bond acceptors (Lipinski definition) is 9. The third-order valence-electron chi connectivity index (χ3n) is 13.8. The van der Waals surface area contributed by atoms with Gasteiger partial charge in [0, 0.05) is 30.1 Å². The molecule has 10 nitrogen and oxygen atoms in total. The second-order valence-corrected chi connectivity index (χ2v) is 17.5. The third-order valence-corrected chi connectivity index (χ3v) is 13.8. The van der Waals surface area contributed by atoms with Crippen LogP contribution in [0.1, 0.15) is 135 Å². The van der Waals surface area contributed by atoms with Gasteiger partial charge >= 0.3 is 5.97 Å². The number of carbonyl (C=O) groups excluding carboxylic acids is 1. The van der Waals surface area contributed by atoms with E-state index in [9.17, 15) is 30.0 Å². The normalized spacial score (nSPS) is 38.5. The molecule has 298 valence electrons. The Bertz CT molecular complexity index is 1520. The fourth-order valence-corrected chi connectivity index (χ4v) is 9.88. The zero-order chi connectivity index (χ0) is 39.3. The Kier molecular flexibility index (Phi) is 12.4. The SMILES string of the molecule is CC[C@@H](C(=O)[C@@H](C)[C@@H](O)[C@H](C)CCc1ccc(C)c(O)c1C(=O)O)[C@H]1O[C@@]2(C=CC[C@@]3(O[C@](CC)([C@H]4CC[C@@](C)([C@@H](C)O)O4)C[C@H]3C)O2)[C@H](C)C[C@@H]1C. The Morgan fingerprint density at radius 2 is 1.72 bits per heavy atom. The molecule has 0 amide bonds. The van der Waals surface area contributed by atoms with Crippen molar-refractivity contribution in [3.63, 3.8) is 0 Å². The first-order valence-electron chi connectivity index (χ1n) is 20.2. The van der Waals surface area contributed by atoms with Crippen molar-refractivity contribution >= 4 is 11.8 Å². The zero-order valence-corrected chi connectivity index (χ0v) is 33.7. The Hall–Kier alpha value is -2.34. The number of ether oxygens (including phenoxy) is 4. The third kappa shape index (κ3) is 7.62. The van der Waals surface area contributed by atoms with Crippen LogP contribution in [0.25, 0.3) is 0 Å². The van der Waals surface area contributed by atoms with E-state index in [1.807, 2.05) is 26.8 Å². The zero-order valence-electron chi connectivity index (χ0n) is 33.7. The highest BCUT2D eigenvalue weighted by molar-refractivity contribution is 5.93. The number of phenols is 1. The first-order chi connectivity index (χ1) is 24.8. The van der Waals surface area contributed by atoms with Gasteiger partial charge in [0.15, 0.2) is 11.6 Å². The maximum Gasteiger partial charge on any atom is 0.339 e. The first kappa shape index (κ1) is 41.8. The molecule has 1 aromatic carbocycles. The van der Waals surface area contributed by atoms with E-state index in [1.54, 1.807) is 32.9 Å². The number of Topliss-reactive ketones (excluding diaryl/α,β-unsaturated/α-hetero) is 1. The summed E-state index contributed by atoms with van der Waals surface area (Å²) >= 11 is 0. The van der Waals surface area contributed by atoms with Crippen LogP contribution in [0.3, 0.4) is 0 Å². The second-order valence-electron chi connectivity index (χ2n) is 17.5. The van der Waals surface area contributed by atoms with Gasteiger partial charge in [-0.1, -0.05) is 66.7 Å². The molecule has 10 heteroatoms. The molecule has 4 aliphatic heterocycles. The highest BCUT2D eigenvalue weighted by Crippen LogP contribution is 2.57. The number of aryl methyl sites for hydroxylation is 2. The van der Waals surface area contributed by atoms with Crippen LogP contribution in [0, 0.1) is 42.4 Å². The summed E-state index contributed by atoms with van der Waals surface area (Å²) in [6.07, 6.45) is 7.71. The topological polar surface area (TPSA) is 152 Å². The molecule has 0 aromatic heterocycles. The molecular weight excluding hydrogens is 676 g/mol. The fourth-order valence-electron chi connectivity index (χ4n) is 9.88. The molecule has 0 aliphatic carbocycles. The summed E-state index contributed by atoms with van der Waals surface area (Å²) in [5, 5.41) is 42.1. The largest absolute Gasteiger partial charge is 0.507 e. The van der Waals surface area contributed by atoms with Gasteiger partial charge in [-0.3, -0.25) is 4.79 Å². The minimum absolute atomic E-state index is 0.0107. The van der Waals surface area contributed by atoms with Gasteiger partial charge in [-0.2, -0.15) is 0 Å². The standard InChI is InChI=1S/C43H66O10/c1-11-32(37(47)29(8)35(45)24(3)14-16-31-17-15-25(4)36(46)34(31)39(48)49)38-26(5)22-27(6)42(51-38)19-13-20-43(53-42)28(7)23-41(12-2,52-43)33-18-21-40(10,50-33)30(9)44/h13,15,17,19,24,26-30,32-33,35,38,44-46H,11-12,14,16,18,20-23H2,1-10H3,(H,48,49)/t24-,26+,27-,28-,29+,30-,32+,33-,35+,38+,40+,41+,42-,43-/m1/s1. The molecule has 4 aliphatic rings. The summed E-state index contributed by atoms with van der Waals surface area (Å²) in [7, 11) is 0. The van der Waals surface area contributed by atoms with Gasteiger partial charge in [-0.05, 0) is 101 Å². The van der Waals surface area contributed by atoms with Crippen LogP contribution in [0.4, 0.5) is 0 Å². The minimum atomic E-state index is -1.19. The molecule has 14 atom stereocenters.